The fourth-order valence-electron chi connectivity index (χ4n) is 4.23. The Morgan fingerprint density at radius 3 is 2.77 bits per heavy atom. The molecule has 1 amide bonds. The molecule has 0 saturated heterocycles. The van der Waals surface area contributed by atoms with E-state index in [0.29, 0.717) is 38.6 Å². The topological polar surface area (TPSA) is 83.1 Å². The third kappa shape index (κ3) is 4.17. The highest BCUT2D eigenvalue weighted by Gasteiger charge is 2.46. The van der Waals surface area contributed by atoms with Crippen LogP contribution in [0.4, 0.5) is 5.69 Å². The Labute approximate surface area is 211 Å². The van der Waals surface area contributed by atoms with Gasteiger partial charge in [-0.15, -0.1) is 0 Å². The van der Waals surface area contributed by atoms with Crippen LogP contribution in [0.15, 0.2) is 69.0 Å². The molecule has 0 aliphatic carbocycles. The number of nitrogens with one attached hydrogen (secondary N) is 1. The number of carbonyl (C=O) groups excluding carboxylic acids is 1. The Bertz CT molecular complexity index is 1500. The Morgan fingerprint density at radius 2 is 2.03 bits per heavy atom. The van der Waals surface area contributed by atoms with Crippen molar-refractivity contribution in [1.29, 1.82) is 0 Å². The number of rotatable bonds is 5. The van der Waals surface area contributed by atoms with Crippen molar-refractivity contribution in [3.8, 4) is 22.6 Å². The van der Waals surface area contributed by atoms with Gasteiger partial charge in [-0.1, -0.05) is 54.6 Å². The molecule has 3 heterocycles. The quantitative estimate of drug-likeness (QED) is 0.290. The predicted molar refractivity (Wildman–Crippen MR) is 137 cm³/mol. The first-order valence-electron chi connectivity index (χ1n) is 11.3. The van der Waals surface area contributed by atoms with Crippen LogP contribution in [-0.2, 0) is 4.79 Å². The molecule has 4 aromatic rings. The number of aryl methyl sites for hydroxylation is 1. The lowest BCUT2D eigenvalue weighted by atomic mass is 10.0. The van der Waals surface area contributed by atoms with Crippen LogP contribution in [0.25, 0.3) is 22.6 Å². The Hall–Kier alpha value is -3.36. The number of nitrogens with zero attached hydrogens (tertiary/aromatic N) is 3. The van der Waals surface area contributed by atoms with Gasteiger partial charge in [0.15, 0.2) is 5.76 Å². The van der Waals surface area contributed by atoms with Crippen molar-refractivity contribution in [2.75, 3.05) is 10.7 Å². The highest BCUT2D eigenvalue weighted by atomic mass is 35.5. The summed E-state index contributed by atoms with van der Waals surface area (Å²) in [7, 11) is 0. The first kappa shape index (κ1) is 23.4. The zero-order valence-electron chi connectivity index (χ0n) is 19.5. The zero-order valence-corrected chi connectivity index (χ0v) is 21.1. The van der Waals surface area contributed by atoms with Gasteiger partial charge in [-0.25, -0.2) is 4.90 Å². The van der Waals surface area contributed by atoms with Crippen LogP contribution in [0.1, 0.15) is 37.8 Å². The van der Waals surface area contributed by atoms with Gasteiger partial charge in [-0.05, 0) is 53.9 Å². The monoisotopic (exact) mass is 507 g/mol. The second-order valence-electron chi connectivity index (χ2n) is 8.35. The molecule has 1 aliphatic rings. The fraction of sp³-hybridized carbons (Fsp3) is 0.231. The van der Waals surface area contributed by atoms with Crippen molar-refractivity contribution in [3.63, 3.8) is 0 Å². The van der Waals surface area contributed by atoms with Gasteiger partial charge in [-0.3, -0.25) is 14.6 Å². The van der Waals surface area contributed by atoms with Gasteiger partial charge >= 0.3 is 17.4 Å². The molecule has 2 aromatic heterocycles. The number of thioether (sulfide) groups is 1. The number of carbonyl (C=O) groups is 1. The molecular weight excluding hydrogens is 484 g/mol. The van der Waals surface area contributed by atoms with Gasteiger partial charge in [0.1, 0.15) is 5.76 Å². The van der Waals surface area contributed by atoms with Crippen molar-refractivity contribution >= 4 is 35.0 Å². The highest BCUT2D eigenvalue weighted by molar-refractivity contribution is 7.99. The standard InChI is InChI=1S/C26H23ClN4O3S/c1-4-13-35-26-28-24(33)23-18-7-5-6-8-20(18)30(16(3)32)25(31(23)29-26)22-12-11-21(34-22)17-10-9-15(2)19(27)14-17/h5-12,14,25H,4,13H2,1-3H3/p+1/t25-/m1/s1. The minimum Gasteiger partial charge on any atom is -0.452 e. The normalized spacial score (nSPS) is 14.5. The molecule has 0 fully saturated rings. The number of hydrogen-bond acceptors (Lipinski definition) is 5. The molecule has 0 bridgehead atoms. The Kier molecular flexibility index (Phi) is 6.25. The van der Waals surface area contributed by atoms with Crippen LogP contribution < -0.4 is 15.1 Å². The Balaban J connectivity index is 1.71. The minimum absolute atomic E-state index is 0.193. The molecule has 178 valence electrons. The van der Waals surface area contributed by atoms with E-state index in [4.69, 9.17) is 21.1 Å². The van der Waals surface area contributed by atoms with Crippen LogP contribution in [0.5, 0.6) is 0 Å². The first-order chi connectivity index (χ1) is 16.9. The van der Waals surface area contributed by atoms with Gasteiger partial charge in [0.25, 0.3) is 0 Å². The number of amides is 1. The van der Waals surface area contributed by atoms with E-state index in [9.17, 15) is 9.59 Å². The SMILES string of the molecule is CCCSc1n[n+]2c(c(=O)[nH]1)-c1ccccc1N(C(C)=O)[C@H]2c1ccc(-c2ccc(C)c(Cl)c2)o1. The summed E-state index contributed by atoms with van der Waals surface area (Å²) in [6.45, 7) is 5.50. The van der Waals surface area contributed by atoms with Gasteiger partial charge in [0.05, 0.1) is 11.3 Å². The maximum Gasteiger partial charge on any atom is 0.325 e. The van der Waals surface area contributed by atoms with Gasteiger partial charge < -0.3 is 4.42 Å². The molecule has 35 heavy (non-hydrogen) atoms. The van der Waals surface area contributed by atoms with Crippen LogP contribution in [0, 0.1) is 6.92 Å². The summed E-state index contributed by atoms with van der Waals surface area (Å²) in [5.74, 6) is 1.70. The summed E-state index contributed by atoms with van der Waals surface area (Å²) >= 11 is 7.80. The van der Waals surface area contributed by atoms with Crippen LogP contribution >= 0.6 is 23.4 Å². The van der Waals surface area contributed by atoms with E-state index in [2.05, 4.69) is 11.9 Å². The number of H-pyrrole nitrogens is 1. The number of benzene rings is 2. The smallest absolute Gasteiger partial charge is 0.325 e. The molecule has 1 N–H and O–H groups in total. The number of furan rings is 1. The number of para-hydroxylation sites is 1. The molecule has 7 nitrogen and oxygen atoms in total. The summed E-state index contributed by atoms with van der Waals surface area (Å²) in [4.78, 5) is 30.8. The number of hydrogen-bond donors (Lipinski definition) is 1. The third-order valence-corrected chi connectivity index (χ3v) is 7.35. The summed E-state index contributed by atoms with van der Waals surface area (Å²) < 4.78 is 7.89. The lowest BCUT2D eigenvalue weighted by Crippen LogP contribution is -2.60. The molecule has 2 aromatic carbocycles. The molecule has 0 radical (unpaired) electrons. The summed E-state index contributed by atoms with van der Waals surface area (Å²) in [5.41, 5.74) is 3.16. The molecular formula is C26H24ClN4O3S+. The van der Waals surface area contributed by atoms with E-state index >= 15 is 0 Å². The molecule has 0 spiro atoms. The van der Waals surface area contributed by atoms with Crippen LogP contribution in [0.2, 0.25) is 5.02 Å². The molecule has 0 unspecified atom stereocenters. The van der Waals surface area contributed by atoms with Crippen molar-refractivity contribution in [2.45, 2.75) is 38.5 Å². The zero-order chi connectivity index (χ0) is 24.7. The number of aromatic nitrogens is 3. The van der Waals surface area contributed by atoms with Gasteiger partial charge in [0, 0.05) is 28.4 Å². The summed E-state index contributed by atoms with van der Waals surface area (Å²) in [6.07, 6.45) is 0.165. The first-order valence-corrected chi connectivity index (χ1v) is 12.7. The average molecular weight is 508 g/mol. The van der Waals surface area contributed by atoms with Gasteiger partial charge in [0.2, 0.25) is 11.1 Å². The summed E-state index contributed by atoms with van der Waals surface area (Å²) in [5, 5.41) is 5.89. The lowest BCUT2D eigenvalue weighted by Gasteiger charge is -2.30. The second-order valence-corrected chi connectivity index (χ2v) is 9.84. The fourth-order valence-corrected chi connectivity index (χ4v) is 5.12. The highest BCUT2D eigenvalue weighted by Crippen LogP contribution is 2.38. The number of aromatic amines is 1. The van der Waals surface area contributed by atoms with E-state index in [-0.39, 0.29) is 11.5 Å². The molecule has 1 aliphatic heterocycles. The molecule has 9 heteroatoms. The second kappa shape index (κ2) is 9.36. The van der Waals surface area contributed by atoms with Crippen molar-refractivity contribution in [3.05, 3.63) is 81.3 Å². The number of fused-ring (bicyclic) bond motifs is 3. The van der Waals surface area contributed by atoms with Crippen LogP contribution in [-0.4, -0.2) is 21.7 Å². The lowest BCUT2D eigenvalue weighted by molar-refractivity contribution is -0.764. The maximum absolute atomic E-state index is 13.3. The Morgan fingerprint density at radius 1 is 1.23 bits per heavy atom. The van der Waals surface area contributed by atoms with Crippen molar-refractivity contribution < 1.29 is 13.9 Å². The minimum atomic E-state index is -0.768. The van der Waals surface area contributed by atoms with Crippen LogP contribution in [0.3, 0.4) is 0 Å². The number of anilines is 1. The molecule has 1 atom stereocenters. The summed E-state index contributed by atoms with van der Waals surface area (Å²) in [6, 6.07) is 16.7. The van der Waals surface area contributed by atoms with E-state index < -0.39 is 6.17 Å². The number of halogens is 1. The average Bonchev–Trinajstić information content (AvgIpc) is 3.33. The molecule has 5 rings (SSSR count). The van der Waals surface area contributed by atoms with E-state index in [0.717, 1.165) is 23.3 Å². The predicted octanol–water partition coefficient (Wildman–Crippen LogP) is 5.36. The van der Waals surface area contributed by atoms with E-state index in [1.165, 1.54) is 18.7 Å². The van der Waals surface area contributed by atoms with E-state index in [1.54, 1.807) is 9.58 Å². The largest absolute Gasteiger partial charge is 0.452 e. The molecule has 0 saturated carbocycles. The van der Waals surface area contributed by atoms with Gasteiger partial charge in [-0.2, -0.15) is 0 Å². The third-order valence-electron chi connectivity index (χ3n) is 5.88. The maximum atomic E-state index is 13.3. The van der Waals surface area contributed by atoms with Crippen molar-refractivity contribution in [2.24, 2.45) is 0 Å². The van der Waals surface area contributed by atoms with E-state index in [1.807, 2.05) is 61.5 Å². The van der Waals surface area contributed by atoms with Crippen molar-refractivity contribution in [1.82, 2.24) is 10.1 Å².